The summed E-state index contributed by atoms with van der Waals surface area (Å²) in [5, 5.41) is 3.79. The van der Waals surface area contributed by atoms with Crippen molar-refractivity contribution >= 4 is 0 Å². The summed E-state index contributed by atoms with van der Waals surface area (Å²) in [7, 11) is 0. The van der Waals surface area contributed by atoms with Gasteiger partial charge in [-0.2, -0.15) is 0 Å². The first-order chi connectivity index (χ1) is 5.90. The molecule has 1 N–H and O–H groups in total. The lowest BCUT2D eigenvalue weighted by Gasteiger charge is -2.31. The van der Waals surface area contributed by atoms with Crippen molar-refractivity contribution in [3.05, 3.63) is 0 Å². The molecule has 0 bridgehead atoms. The van der Waals surface area contributed by atoms with Gasteiger partial charge in [-0.25, -0.2) is 0 Å². The molecular formula is C11H21N. The van der Waals surface area contributed by atoms with Crippen LogP contribution in [0.2, 0.25) is 0 Å². The molecular weight excluding hydrogens is 146 g/mol. The standard InChI is InChI=1S/C11H21N/c1-2-9-5-3-4-6-11(9)12-10-7-8-10/h9-12H,2-8H2,1H3/t9-,11+/m0/s1. The molecule has 0 radical (unpaired) electrons. The zero-order valence-corrected chi connectivity index (χ0v) is 8.18. The summed E-state index contributed by atoms with van der Waals surface area (Å²) in [4.78, 5) is 0. The molecule has 2 aliphatic rings. The highest BCUT2D eigenvalue weighted by Gasteiger charge is 2.29. The summed E-state index contributed by atoms with van der Waals surface area (Å²) in [5.41, 5.74) is 0. The number of rotatable bonds is 3. The van der Waals surface area contributed by atoms with Crippen LogP contribution in [-0.2, 0) is 0 Å². The second-order valence-corrected chi connectivity index (χ2v) is 4.50. The Balaban J connectivity index is 1.81. The van der Waals surface area contributed by atoms with E-state index >= 15 is 0 Å². The first-order valence-electron chi connectivity index (χ1n) is 5.66. The number of hydrogen-bond acceptors (Lipinski definition) is 1. The summed E-state index contributed by atoms with van der Waals surface area (Å²) < 4.78 is 0. The summed E-state index contributed by atoms with van der Waals surface area (Å²) in [6.07, 6.45) is 10.1. The number of nitrogens with one attached hydrogen (secondary N) is 1. The van der Waals surface area contributed by atoms with Crippen LogP contribution >= 0.6 is 0 Å². The van der Waals surface area contributed by atoms with E-state index < -0.39 is 0 Å². The Morgan fingerprint density at radius 1 is 1.08 bits per heavy atom. The van der Waals surface area contributed by atoms with Crippen LogP contribution in [-0.4, -0.2) is 12.1 Å². The first-order valence-corrected chi connectivity index (χ1v) is 5.66. The first kappa shape index (κ1) is 8.55. The molecule has 1 nitrogen and oxygen atoms in total. The molecule has 2 atom stereocenters. The van der Waals surface area contributed by atoms with Gasteiger partial charge < -0.3 is 5.32 Å². The lowest BCUT2D eigenvalue weighted by atomic mass is 9.83. The summed E-state index contributed by atoms with van der Waals surface area (Å²) >= 11 is 0. The fourth-order valence-corrected chi connectivity index (χ4v) is 2.47. The third kappa shape index (κ3) is 2.01. The average Bonchev–Trinajstić information content (AvgIpc) is 2.89. The predicted molar refractivity (Wildman–Crippen MR) is 52.2 cm³/mol. The maximum Gasteiger partial charge on any atom is 0.00978 e. The van der Waals surface area contributed by atoms with Gasteiger partial charge in [0.05, 0.1) is 0 Å². The van der Waals surface area contributed by atoms with Crippen molar-refractivity contribution in [2.75, 3.05) is 0 Å². The monoisotopic (exact) mass is 167 g/mol. The van der Waals surface area contributed by atoms with Crippen LogP contribution < -0.4 is 5.32 Å². The average molecular weight is 167 g/mol. The van der Waals surface area contributed by atoms with Crippen molar-refractivity contribution in [3.8, 4) is 0 Å². The van der Waals surface area contributed by atoms with Crippen molar-refractivity contribution in [2.45, 2.75) is 64.0 Å². The van der Waals surface area contributed by atoms with Gasteiger partial charge in [-0.05, 0) is 31.6 Å². The molecule has 1 heteroatoms. The fraction of sp³-hybridized carbons (Fsp3) is 1.00. The van der Waals surface area contributed by atoms with Crippen LogP contribution in [0.1, 0.15) is 51.9 Å². The zero-order valence-electron chi connectivity index (χ0n) is 8.18. The highest BCUT2D eigenvalue weighted by Crippen LogP contribution is 2.30. The van der Waals surface area contributed by atoms with Gasteiger partial charge in [0.15, 0.2) is 0 Å². The quantitative estimate of drug-likeness (QED) is 0.681. The van der Waals surface area contributed by atoms with Crippen molar-refractivity contribution in [3.63, 3.8) is 0 Å². The lowest BCUT2D eigenvalue weighted by molar-refractivity contribution is 0.254. The molecule has 0 heterocycles. The number of hydrogen-bond donors (Lipinski definition) is 1. The van der Waals surface area contributed by atoms with E-state index in [9.17, 15) is 0 Å². The van der Waals surface area contributed by atoms with Crippen molar-refractivity contribution < 1.29 is 0 Å². The third-order valence-corrected chi connectivity index (χ3v) is 3.46. The maximum atomic E-state index is 3.79. The lowest BCUT2D eigenvalue weighted by Crippen LogP contribution is -2.39. The molecule has 70 valence electrons. The van der Waals surface area contributed by atoms with Crippen LogP contribution in [0.4, 0.5) is 0 Å². The molecule has 12 heavy (non-hydrogen) atoms. The molecule has 0 unspecified atom stereocenters. The van der Waals surface area contributed by atoms with Crippen LogP contribution in [0.15, 0.2) is 0 Å². The molecule has 0 aromatic rings. The van der Waals surface area contributed by atoms with Crippen molar-refractivity contribution in [1.29, 1.82) is 0 Å². The highest BCUT2D eigenvalue weighted by molar-refractivity contribution is 4.89. The van der Waals surface area contributed by atoms with Crippen LogP contribution in [0, 0.1) is 5.92 Å². The molecule has 2 rings (SSSR count). The van der Waals surface area contributed by atoms with E-state index in [0.717, 1.165) is 18.0 Å². The Labute approximate surface area is 75.9 Å². The highest BCUT2D eigenvalue weighted by atomic mass is 15.0. The van der Waals surface area contributed by atoms with E-state index in [2.05, 4.69) is 12.2 Å². The minimum atomic E-state index is 0.872. The van der Waals surface area contributed by atoms with E-state index in [0.29, 0.717) is 0 Å². The van der Waals surface area contributed by atoms with Gasteiger partial charge in [-0.15, -0.1) is 0 Å². The Hall–Kier alpha value is -0.0400. The Morgan fingerprint density at radius 3 is 2.50 bits per heavy atom. The minimum absolute atomic E-state index is 0.872. The molecule has 0 aromatic heterocycles. The second-order valence-electron chi connectivity index (χ2n) is 4.50. The molecule has 0 amide bonds. The smallest absolute Gasteiger partial charge is 0.00978 e. The minimum Gasteiger partial charge on any atom is -0.311 e. The van der Waals surface area contributed by atoms with E-state index in [1.54, 1.807) is 0 Å². The van der Waals surface area contributed by atoms with Gasteiger partial charge in [-0.3, -0.25) is 0 Å². The predicted octanol–water partition coefficient (Wildman–Crippen LogP) is 2.71. The van der Waals surface area contributed by atoms with Gasteiger partial charge in [-0.1, -0.05) is 26.2 Å². The van der Waals surface area contributed by atoms with Crippen LogP contribution in [0.3, 0.4) is 0 Å². The Bertz CT molecular complexity index is 140. The SMILES string of the molecule is CC[C@H]1CCCC[C@H]1NC1CC1. The molecule has 0 saturated heterocycles. The van der Waals surface area contributed by atoms with E-state index in [1.165, 1.54) is 44.9 Å². The third-order valence-electron chi connectivity index (χ3n) is 3.46. The molecule has 2 fully saturated rings. The van der Waals surface area contributed by atoms with Crippen LogP contribution in [0.5, 0.6) is 0 Å². The molecule has 0 aromatic carbocycles. The van der Waals surface area contributed by atoms with E-state index in [-0.39, 0.29) is 0 Å². The largest absolute Gasteiger partial charge is 0.311 e. The van der Waals surface area contributed by atoms with Crippen molar-refractivity contribution in [1.82, 2.24) is 5.32 Å². The van der Waals surface area contributed by atoms with Crippen molar-refractivity contribution in [2.24, 2.45) is 5.92 Å². The fourth-order valence-electron chi connectivity index (χ4n) is 2.47. The topological polar surface area (TPSA) is 12.0 Å². The molecule has 0 spiro atoms. The normalized spacial score (nSPS) is 36.8. The summed E-state index contributed by atoms with van der Waals surface area (Å²) in [6, 6.07) is 1.78. The molecule has 2 aliphatic carbocycles. The van der Waals surface area contributed by atoms with Gasteiger partial charge >= 0.3 is 0 Å². The summed E-state index contributed by atoms with van der Waals surface area (Å²) in [5.74, 6) is 0.986. The Kier molecular flexibility index (Phi) is 2.69. The zero-order chi connectivity index (χ0) is 8.39. The van der Waals surface area contributed by atoms with Gasteiger partial charge in [0.1, 0.15) is 0 Å². The molecule has 0 aliphatic heterocycles. The van der Waals surface area contributed by atoms with E-state index in [1.807, 2.05) is 0 Å². The van der Waals surface area contributed by atoms with E-state index in [4.69, 9.17) is 0 Å². The van der Waals surface area contributed by atoms with Gasteiger partial charge in [0.25, 0.3) is 0 Å². The molecule has 2 saturated carbocycles. The van der Waals surface area contributed by atoms with Gasteiger partial charge in [0, 0.05) is 12.1 Å². The Morgan fingerprint density at radius 2 is 1.83 bits per heavy atom. The summed E-state index contributed by atoms with van der Waals surface area (Å²) in [6.45, 7) is 2.34. The van der Waals surface area contributed by atoms with Gasteiger partial charge in [0.2, 0.25) is 0 Å². The van der Waals surface area contributed by atoms with Crippen LogP contribution in [0.25, 0.3) is 0 Å². The second kappa shape index (κ2) is 3.78. The maximum absolute atomic E-state index is 3.79.